The van der Waals surface area contributed by atoms with Crippen LogP contribution in [-0.4, -0.2) is 23.3 Å². The molecule has 2 N–H and O–H groups in total. The molecule has 0 atom stereocenters. The fourth-order valence-corrected chi connectivity index (χ4v) is 2.81. The van der Waals surface area contributed by atoms with Crippen molar-refractivity contribution in [3.8, 4) is 0 Å². The number of benzene rings is 1. The maximum absolute atomic E-state index is 12.4. The van der Waals surface area contributed by atoms with Crippen molar-refractivity contribution in [2.24, 2.45) is 5.41 Å². The number of nitrogens with two attached hydrogens (primary N) is 1. The third-order valence-electron chi connectivity index (χ3n) is 4.04. The van der Waals surface area contributed by atoms with Crippen LogP contribution in [0.3, 0.4) is 0 Å². The molecule has 0 bridgehead atoms. The Morgan fingerprint density at radius 3 is 2.43 bits per heavy atom. The molecule has 21 heavy (non-hydrogen) atoms. The standard InChI is InChI=1S/C17H24N2O2/c1-4-5-6-9-17(2,3)11-19-15(20)13-8-7-12(18)10-14(13)16(19)21/h7-8,10H,4-6,9,11,18H2,1-3H3. The fraction of sp³-hybridized carbons (Fsp3) is 0.529. The van der Waals surface area contributed by atoms with Crippen LogP contribution in [0, 0.1) is 5.41 Å². The number of unbranched alkanes of at least 4 members (excludes halogenated alkanes) is 2. The van der Waals surface area contributed by atoms with E-state index in [1.165, 1.54) is 17.7 Å². The molecule has 114 valence electrons. The fourth-order valence-electron chi connectivity index (χ4n) is 2.81. The van der Waals surface area contributed by atoms with Gasteiger partial charge >= 0.3 is 0 Å². The largest absolute Gasteiger partial charge is 0.399 e. The van der Waals surface area contributed by atoms with Gasteiger partial charge in [0.15, 0.2) is 0 Å². The van der Waals surface area contributed by atoms with Crippen LogP contribution in [0.15, 0.2) is 18.2 Å². The molecule has 1 aromatic carbocycles. The smallest absolute Gasteiger partial charge is 0.261 e. The zero-order valence-electron chi connectivity index (χ0n) is 13.1. The number of amides is 2. The van der Waals surface area contributed by atoms with Gasteiger partial charge in [0.2, 0.25) is 0 Å². The minimum absolute atomic E-state index is 0.0614. The number of carbonyl (C=O) groups excluding carboxylic acids is 2. The molecule has 1 heterocycles. The second kappa shape index (κ2) is 5.88. The van der Waals surface area contributed by atoms with E-state index in [0.717, 1.165) is 12.8 Å². The third kappa shape index (κ3) is 3.26. The third-order valence-corrected chi connectivity index (χ3v) is 4.04. The number of nitrogen functional groups attached to an aromatic ring is 1. The van der Waals surface area contributed by atoms with Gasteiger partial charge < -0.3 is 5.73 Å². The van der Waals surface area contributed by atoms with Crippen LogP contribution in [-0.2, 0) is 0 Å². The van der Waals surface area contributed by atoms with Crippen LogP contribution in [0.25, 0.3) is 0 Å². The van der Waals surface area contributed by atoms with Crippen LogP contribution in [0.4, 0.5) is 5.69 Å². The molecule has 0 radical (unpaired) electrons. The number of fused-ring (bicyclic) bond motifs is 1. The first-order valence-electron chi connectivity index (χ1n) is 7.61. The first-order valence-corrected chi connectivity index (χ1v) is 7.61. The first-order chi connectivity index (χ1) is 9.85. The quantitative estimate of drug-likeness (QED) is 0.495. The maximum atomic E-state index is 12.4. The molecule has 2 amide bonds. The number of hydrogen-bond acceptors (Lipinski definition) is 3. The zero-order valence-corrected chi connectivity index (χ0v) is 13.1. The van der Waals surface area contributed by atoms with Gasteiger partial charge in [-0.1, -0.05) is 40.0 Å². The molecule has 1 aromatic rings. The lowest BCUT2D eigenvalue weighted by atomic mass is 9.86. The Balaban J connectivity index is 2.12. The van der Waals surface area contributed by atoms with E-state index in [4.69, 9.17) is 5.73 Å². The Labute approximate surface area is 126 Å². The Bertz CT molecular complexity index is 564. The molecule has 4 nitrogen and oxygen atoms in total. The van der Waals surface area contributed by atoms with E-state index in [1.54, 1.807) is 18.2 Å². The van der Waals surface area contributed by atoms with Gasteiger partial charge in [-0.15, -0.1) is 0 Å². The molecule has 1 aliphatic heterocycles. The van der Waals surface area contributed by atoms with E-state index in [0.29, 0.717) is 23.4 Å². The van der Waals surface area contributed by atoms with E-state index in [2.05, 4.69) is 20.8 Å². The molecular formula is C17H24N2O2. The van der Waals surface area contributed by atoms with Gasteiger partial charge in [0.25, 0.3) is 11.8 Å². The lowest BCUT2D eigenvalue weighted by Crippen LogP contribution is -2.38. The number of imide groups is 1. The number of rotatable bonds is 6. The summed E-state index contributed by atoms with van der Waals surface area (Å²) in [5, 5.41) is 0. The highest BCUT2D eigenvalue weighted by Gasteiger charge is 2.38. The SMILES string of the molecule is CCCCCC(C)(C)CN1C(=O)c2ccc(N)cc2C1=O. The maximum Gasteiger partial charge on any atom is 0.261 e. The summed E-state index contributed by atoms with van der Waals surface area (Å²) in [7, 11) is 0. The van der Waals surface area contributed by atoms with Crippen LogP contribution in [0.1, 0.15) is 67.2 Å². The topological polar surface area (TPSA) is 63.4 Å². The monoisotopic (exact) mass is 288 g/mol. The second-order valence-corrected chi connectivity index (χ2v) is 6.62. The Hall–Kier alpha value is -1.84. The summed E-state index contributed by atoms with van der Waals surface area (Å²) in [6.45, 7) is 6.85. The lowest BCUT2D eigenvalue weighted by molar-refractivity contribution is 0.0582. The minimum atomic E-state index is -0.217. The second-order valence-electron chi connectivity index (χ2n) is 6.62. The summed E-state index contributed by atoms with van der Waals surface area (Å²) in [5.41, 5.74) is 7.07. The van der Waals surface area contributed by atoms with Crippen LogP contribution < -0.4 is 5.73 Å². The highest BCUT2D eigenvalue weighted by Crippen LogP contribution is 2.31. The minimum Gasteiger partial charge on any atom is -0.399 e. The number of hydrogen-bond donors (Lipinski definition) is 1. The van der Waals surface area contributed by atoms with E-state index < -0.39 is 0 Å². The Kier molecular flexibility index (Phi) is 4.35. The van der Waals surface area contributed by atoms with Crippen molar-refractivity contribution in [2.75, 3.05) is 12.3 Å². The van der Waals surface area contributed by atoms with Crippen LogP contribution >= 0.6 is 0 Å². The number of nitrogens with zero attached hydrogens (tertiary/aromatic N) is 1. The average molecular weight is 288 g/mol. The molecule has 1 aliphatic rings. The molecule has 4 heteroatoms. The molecule has 0 spiro atoms. The van der Waals surface area contributed by atoms with E-state index in [9.17, 15) is 9.59 Å². The Morgan fingerprint density at radius 2 is 1.76 bits per heavy atom. The predicted molar refractivity (Wildman–Crippen MR) is 84.1 cm³/mol. The number of anilines is 1. The van der Waals surface area contributed by atoms with E-state index in [1.807, 2.05) is 0 Å². The van der Waals surface area contributed by atoms with Gasteiger partial charge in [-0.05, 0) is 30.0 Å². The summed E-state index contributed by atoms with van der Waals surface area (Å²) in [6, 6.07) is 4.91. The first kappa shape index (κ1) is 15.5. The summed E-state index contributed by atoms with van der Waals surface area (Å²) >= 11 is 0. The highest BCUT2D eigenvalue weighted by molar-refractivity contribution is 6.21. The van der Waals surface area contributed by atoms with Crippen molar-refractivity contribution < 1.29 is 9.59 Å². The zero-order chi connectivity index (χ0) is 15.6. The lowest BCUT2D eigenvalue weighted by Gasteiger charge is -2.29. The molecule has 0 aromatic heterocycles. The van der Waals surface area contributed by atoms with E-state index >= 15 is 0 Å². The van der Waals surface area contributed by atoms with Crippen molar-refractivity contribution in [2.45, 2.75) is 46.5 Å². The van der Waals surface area contributed by atoms with Crippen molar-refractivity contribution in [1.82, 2.24) is 4.90 Å². The predicted octanol–water partition coefficient (Wildman–Crippen LogP) is 3.47. The normalized spacial score (nSPS) is 14.7. The summed E-state index contributed by atoms with van der Waals surface area (Å²) < 4.78 is 0. The number of carbonyl (C=O) groups is 2. The molecule has 0 saturated heterocycles. The van der Waals surface area contributed by atoms with Gasteiger partial charge in [0, 0.05) is 12.2 Å². The van der Waals surface area contributed by atoms with Crippen molar-refractivity contribution >= 4 is 17.5 Å². The molecule has 0 unspecified atom stereocenters. The van der Waals surface area contributed by atoms with Gasteiger partial charge in [0.1, 0.15) is 0 Å². The van der Waals surface area contributed by atoms with Crippen molar-refractivity contribution in [3.63, 3.8) is 0 Å². The Morgan fingerprint density at radius 1 is 1.10 bits per heavy atom. The molecule has 0 fully saturated rings. The van der Waals surface area contributed by atoms with Gasteiger partial charge in [-0.3, -0.25) is 14.5 Å². The molecular weight excluding hydrogens is 264 g/mol. The highest BCUT2D eigenvalue weighted by atomic mass is 16.2. The van der Waals surface area contributed by atoms with Gasteiger partial charge in [-0.2, -0.15) is 0 Å². The molecule has 0 saturated carbocycles. The van der Waals surface area contributed by atoms with E-state index in [-0.39, 0.29) is 17.2 Å². The van der Waals surface area contributed by atoms with Crippen molar-refractivity contribution in [1.29, 1.82) is 0 Å². The molecule has 0 aliphatic carbocycles. The van der Waals surface area contributed by atoms with Gasteiger partial charge in [0.05, 0.1) is 11.1 Å². The molecule has 2 rings (SSSR count). The average Bonchev–Trinajstić information content (AvgIpc) is 2.63. The summed E-state index contributed by atoms with van der Waals surface area (Å²) in [5.74, 6) is -0.413. The van der Waals surface area contributed by atoms with Crippen LogP contribution in [0.5, 0.6) is 0 Å². The van der Waals surface area contributed by atoms with Gasteiger partial charge in [-0.25, -0.2) is 0 Å². The van der Waals surface area contributed by atoms with Crippen LogP contribution in [0.2, 0.25) is 0 Å². The van der Waals surface area contributed by atoms with Crippen molar-refractivity contribution in [3.05, 3.63) is 29.3 Å². The summed E-state index contributed by atoms with van der Waals surface area (Å²) in [6.07, 6.45) is 4.49. The summed E-state index contributed by atoms with van der Waals surface area (Å²) in [4.78, 5) is 26.2.